The second kappa shape index (κ2) is 7.41. The maximum absolute atomic E-state index is 12.6. The summed E-state index contributed by atoms with van der Waals surface area (Å²) in [5, 5.41) is 3.23. The Labute approximate surface area is 121 Å². The zero-order chi connectivity index (χ0) is 14.4. The molecular formula is C16H24N2O2. The second-order valence-corrected chi connectivity index (χ2v) is 5.45. The van der Waals surface area contributed by atoms with Crippen molar-refractivity contribution in [1.82, 2.24) is 10.2 Å². The van der Waals surface area contributed by atoms with E-state index in [2.05, 4.69) is 17.4 Å². The highest BCUT2D eigenvalue weighted by molar-refractivity contribution is 5.79. The van der Waals surface area contributed by atoms with Crippen LogP contribution < -0.4 is 5.32 Å². The first-order valence-electron chi connectivity index (χ1n) is 7.24. The lowest BCUT2D eigenvalue weighted by molar-refractivity contribution is -0.138. The summed E-state index contributed by atoms with van der Waals surface area (Å²) in [4.78, 5) is 14.5. The molecule has 0 bridgehead atoms. The Kier molecular flexibility index (Phi) is 5.56. The van der Waals surface area contributed by atoms with E-state index in [1.165, 1.54) is 0 Å². The molecule has 1 unspecified atom stereocenters. The summed E-state index contributed by atoms with van der Waals surface area (Å²) in [7, 11) is 1.67. The fourth-order valence-corrected chi connectivity index (χ4v) is 2.43. The molecule has 110 valence electrons. The number of carbonyl (C=O) groups excluding carboxylic acids is 1. The molecule has 0 aliphatic carbocycles. The van der Waals surface area contributed by atoms with Crippen molar-refractivity contribution in [2.75, 3.05) is 33.4 Å². The van der Waals surface area contributed by atoms with E-state index in [0.29, 0.717) is 25.6 Å². The molecule has 1 aliphatic heterocycles. The lowest BCUT2D eigenvalue weighted by Crippen LogP contribution is -2.50. The minimum atomic E-state index is 0.0804. The highest BCUT2D eigenvalue weighted by Gasteiger charge is 2.31. The Morgan fingerprint density at radius 2 is 2.10 bits per heavy atom. The number of rotatable bonds is 7. The van der Waals surface area contributed by atoms with Crippen LogP contribution >= 0.6 is 0 Å². The van der Waals surface area contributed by atoms with Gasteiger partial charge in [0.1, 0.15) is 0 Å². The monoisotopic (exact) mass is 276 g/mol. The molecule has 1 fully saturated rings. The number of methoxy groups -OCH3 is 1. The van der Waals surface area contributed by atoms with Crippen LogP contribution in [0.15, 0.2) is 30.3 Å². The number of amides is 1. The molecule has 0 spiro atoms. The van der Waals surface area contributed by atoms with Gasteiger partial charge in [-0.05, 0) is 24.6 Å². The summed E-state index contributed by atoms with van der Waals surface area (Å²) >= 11 is 0. The van der Waals surface area contributed by atoms with Crippen molar-refractivity contribution in [3.63, 3.8) is 0 Å². The maximum atomic E-state index is 12.6. The van der Waals surface area contributed by atoms with Crippen LogP contribution in [0.2, 0.25) is 0 Å². The molecule has 1 amide bonds. The highest BCUT2D eigenvalue weighted by Crippen LogP contribution is 2.19. The summed E-state index contributed by atoms with van der Waals surface area (Å²) in [6, 6.07) is 10.1. The van der Waals surface area contributed by atoms with Gasteiger partial charge in [0.2, 0.25) is 5.91 Å². The van der Waals surface area contributed by atoms with Crippen LogP contribution in [-0.2, 0) is 16.1 Å². The third-order valence-corrected chi connectivity index (χ3v) is 4.00. The van der Waals surface area contributed by atoms with Crippen LogP contribution in [0, 0.1) is 11.8 Å². The van der Waals surface area contributed by atoms with Crippen LogP contribution in [0.3, 0.4) is 0 Å². The molecule has 1 saturated heterocycles. The van der Waals surface area contributed by atoms with E-state index in [-0.39, 0.29) is 11.8 Å². The minimum absolute atomic E-state index is 0.0804. The van der Waals surface area contributed by atoms with Crippen molar-refractivity contribution in [2.45, 2.75) is 13.5 Å². The zero-order valence-electron chi connectivity index (χ0n) is 12.3. The minimum Gasteiger partial charge on any atom is -0.383 e. The van der Waals surface area contributed by atoms with E-state index in [4.69, 9.17) is 4.74 Å². The molecule has 4 heteroatoms. The van der Waals surface area contributed by atoms with Gasteiger partial charge in [0.15, 0.2) is 0 Å². The van der Waals surface area contributed by atoms with Crippen molar-refractivity contribution in [2.24, 2.45) is 11.8 Å². The van der Waals surface area contributed by atoms with Gasteiger partial charge in [-0.25, -0.2) is 0 Å². The summed E-state index contributed by atoms with van der Waals surface area (Å²) in [5.74, 6) is 0.789. The normalized spacial score (nSPS) is 16.5. The predicted octanol–water partition coefficient (Wildman–Crippen LogP) is 1.52. The Morgan fingerprint density at radius 1 is 1.40 bits per heavy atom. The van der Waals surface area contributed by atoms with Crippen LogP contribution in [0.25, 0.3) is 0 Å². The van der Waals surface area contributed by atoms with Crippen LogP contribution in [0.5, 0.6) is 0 Å². The van der Waals surface area contributed by atoms with Crippen LogP contribution in [0.1, 0.15) is 12.5 Å². The van der Waals surface area contributed by atoms with E-state index in [1.54, 1.807) is 7.11 Å². The Hall–Kier alpha value is -1.39. The van der Waals surface area contributed by atoms with E-state index in [9.17, 15) is 4.79 Å². The number of hydrogen-bond donors (Lipinski definition) is 1. The standard InChI is InChI=1S/C16H24N2O2/c1-13(15-10-17-11-15)16(19)18(8-9-20-2)12-14-6-4-3-5-7-14/h3-7,13,15,17H,8-12H2,1-2H3. The van der Waals surface area contributed by atoms with E-state index in [1.807, 2.05) is 30.0 Å². The predicted molar refractivity (Wildman–Crippen MR) is 79.3 cm³/mol. The lowest BCUT2D eigenvalue weighted by atomic mass is 9.88. The third kappa shape index (κ3) is 3.81. The number of hydrogen-bond acceptors (Lipinski definition) is 3. The fourth-order valence-electron chi connectivity index (χ4n) is 2.43. The Bertz CT molecular complexity index is 418. The smallest absolute Gasteiger partial charge is 0.226 e. The molecule has 1 N–H and O–H groups in total. The number of carbonyl (C=O) groups is 1. The Balaban J connectivity index is 2.00. The van der Waals surface area contributed by atoms with Gasteiger partial charge in [-0.1, -0.05) is 37.3 Å². The van der Waals surface area contributed by atoms with Crippen LogP contribution in [0.4, 0.5) is 0 Å². The fraction of sp³-hybridized carbons (Fsp3) is 0.562. The van der Waals surface area contributed by atoms with Crippen molar-refractivity contribution in [3.05, 3.63) is 35.9 Å². The SMILES string of the molecule is COCCN(Cc1ccccc1)C(=O)C(C)C1CNC1. The lowest BCUT2D eigenvalue weighted by Gasteiger charge is -2.35. The Morgan fingerprint density at radius 3 is 2.65 bits per heavy atom. The average Bonchev–Trinajstić information content (AvgIpc) is 2.42. The topological polar surface area (TPSA) is 41.6 Å². The quantitative estimate of drug-likeness (QED) is 0.821. The van der Waals surface area contributed by atoms with Gasteiger partial charge >= 0.3 is 0 Å². The number of nitrogens with zero attached hydrogens (tertiary/aromatic N) is 1. The van der Waals surface area contributed by atoms with E-state index < -0.39 is 0 Å². The summed E-state index contributed by atoms with van der Waals surface area (Å²) in [6.45, 7) is 5.84. The van der Waals surface area contributed by atoms with Crippen molar-refractivity contribution < 1.29 is 9.53 Å². The largest absolute Gasteiger partial charge is 0.383 e. The zero-order valence-corrected chi connectivity index (χ0v) is 12.3. The summed E-state index contributed by atoms with van der Waals surface area (Å²) in [5.41, 5.74) is 1.16. The van der Waals surface area contributed by atoms with Gasteiger partial charge in [0, 0.05) is 26.1 Å². The van der Waals surface area contributed by atoms with Crippen LogP contribution in [-0.4, -0.2) is 44.2 Å². The first kappa shape index (κ1) is 15.0. The molecule has 20 heavy (non-hydrogen) atoms. The molecule has 1 aliphatic rings. The summed E-state index contributed by atoms with van der Waals surface area (Å²) in [6.07, 6.45) is 0. The van der Waals surface area contributed by atoms with Gasteiger partial charge in [-0.15, -0.1) is 0 Å². The van der Waals surface area contributed by atoms with Gasteiger partial charge in [0.25, 0.3) is 0 Å². The molecular weight excluding hydrogens is 252 g/mol. The molecule has 4 nitrogen and oxygen atoms in total. The highest BCUT2D eigenvalue weighted by atomic mass is 16.5. The molecule has 0 aromatic heterocycles. The summed E-state index contributed by atoms with van der Waals surface area (Å²) < 4.78 is 5.13. The average molecular weight is 276 g/mol. The van der Waals surface area contributed by atoms with E-state index in [0.717, 1.165) is 18.7 Å². The first-order chi connectivity index (χ1) is 9.72. The number of ether oxygens (including phenoxy) is 1. The molecule has 2 rings (SSSR count). The number of benzene rings is 1. The molecule has 1 aromatic carbocycles. The van der Waals surface area contributed by atoms with Gasteiger partial charge < -0.3 is 15.0 Å². The maximum Gasteiger partial charge on any atom is 0.226 e. The van der Waals surface area contributed by atoms with Crippen molar-refractivity contribution in [3.8, 4) is 0 Å². The molecule has 0 radical (unpaired) electrons. The molecule has 0 saturated carbocycles. The molecule has 1 heterocycles. The molecule has 1 aromatic rings. The number of nitrogens with one attached hydrogen (secondary N) is 1. The molecule has 1 atom stereocenters. The van der Waals surface area contributed by atoms with E-state index >= 15 is 0 Å². The third-order valence-electron chi connectivity index (χ3n) is 4.00. The van der Waals surface area contributed by atoms with Crippen molar-refractivity contribution >= 4 is 5.91 Å². The van der Waals surface area contributed by atoms with Gasteiger partial charge in [-0.3, -0.25) is 4.79 Å². The first-order valence-corrected chi connectivity index (χ1v) is 7.24. The van der Waals surface area contributed by atoms with Gasteiger partial charge in [0.05, 0.1) is 6.61 Å². The van der Waals surface area contributed by atoms with Gasteiger partial charge in [-0.2, -0.15) is 0 Å². The second-order valence-electron chi connectivity index (χ2n) is 5.45. The van der Waals surface area contributed by atoms with Crippen molar-refractivity contribution in [1.29, 1.82) is 0 Å².